The van der Waals surface area contributed by atoms with E-state index >= 15 is 0 Å². The van der Waals surface area contributed by atoms with Crippen molar-refractivity contribution in [2.24, 2.45) is 0 Å². The van der Waals surface area contributed by atoms with E-state index in [4.69, 9.17) is 4.74 Å². The SMILES string of the molecule is CN(C)c1ncccc1CNCc1cnc(N2CCOCC2)nc1.Cl. The largest absolute Gasteiger partial charge is 0.378 e. The van der Waals surface area contributed by atoms with Crippen LogP contribution in [0.4, 0.5) is 11.8 Å². The molecule has 2 aromatic heterocycles. The average Bonchev–Trinajstić information content (AvgIpc) is 2.63. The van der Waals surface area contributed by atoms with Gasteiger partial charge >= 0.3 is 0 Å². The number of hydrogen-bond donors (Lipinski definition) is 1. The van der Waals surface area contributed by atoms with Crippen molar-refractivity contribution < 1.29 is 4.74 Å². The van der Waals surface area contributed by atoms with E-state index in [1.54, 1.807) is 0 Å². The molecule has 136 valence electrons. The predicted molar refractivity (Wildman–Crippen MR) is 101 cm³/mol. The average molecular weight is 365 g/mol. The third-order valence-electron chi connectivity index (χ3n) is 3.92. The lowest BCUT2D eigenvalue weighted by molar-refractivity contribution is 0.122. The van der Waals surface area contributed by atoms with E-state index in [0.717, 1.165) is 56.7 Å². The number of rotatable bonds is 6. The van der Waals surface area contributed by atoms with Crippen molar-refractivity contribution in [3.63, 3.8) is 0 Å². The van der Waals surface area contributed by atoms with Gasteiger partial charge in [0.25, 0.3) is 0 Å². The minimum absolute atomic E-state index is 0. The Hall–Kier alpha value is -1.96. The van der Waals surface area contributed by atoms with E-state index in [1.165, 1.54) is 5.56 Å². The molecule has 0 unspecified atom stereocenters. The molecule has 1 saturated heterocycles. The van der Waals surface area contributed by atoms with Gasteiger partial charge in [0.05, 0.1) is 13.2 Å². The van der Waals surface area contributed by atoms with Crippen molar-refractivity contribution in [3.8, 4) is 0 Å². The Morgan fingerprint density at radius 2 is 1.84 bits per heavy atom. The summed E-state index contributed by atoms with van der Waals surface area (Å²) in [5.74, 6) is 1.77. The van der Waals surface area contributed by atoms with Crippen molar-refractivity contribution in [2.75, 3.05) is 50.2 Å². The fourth-order valence-corrected chi connectivity index (χ4v) is 2.68. The first-order valence-electron chi connectivity index (χ1n) is 8.19. The van der Waals surface area contributed by atoms with Gasteiger partial charge in [-0.3, -0.25) is 0 Å². The lowest BCUT2D eigenvalue weighted by Gasteiger charge is -2.26. The predicted octanol–water partition coefficient (Wildman–Crippen LogP) is 1.49. The number of morpholine rings is 1. The van der Waals surface area contributed by atoms with E-state index in [2.05, 4.69) is 31.2 Å². The minimum atomic E-state index is 0. The summed E-state index contributed by atoms with van der Waals surface area (Å²) in [6.07, 6.45) is 5.60. The fraction of sp³-hybridized carbons (Fsp3) is 0.471. The molecule has 0 atom stereocenters. The summed E-state index contributed by atoms with van der Waals surface area (Å²) in [4.78, 5) is 17.5. The van der Waals surface area contributed by atoms with Crippen LogP contribution >= 0.6 is 12.4 Å². The molecule has 8 heteroatoms. The number of anilines is 2. The molecule has 0 amide bonds. The van der Waals surface area contributed by atoms with Gasteiger partial charge in [-0.1, -0.05) is 6.07 Å². The molecule has 1 fully saturated rings. The quantitative estimate of drug-likeness (QED) is 0.832. The number of nitrogens with zero attached hydrogens (tertiary/aromatic N) is 5. The van der Waals surface area contributed by atoms with Gasteiger partial charge in [-0.2, -0.15) is 0 Å². The topological polar surface area (TPSA) is 66.4 Å². The second kappa shape index (κ2) is 9.50. The van der Waals surface area contributed by atoms with Gasteiger partial charge in [-0.25, -0.2) is 15.0 Å². The molecule has 1 aliphatic heterocycles. The summed E-state index contributed by atoms with van der Waals surface area (Å²) in [5, 5.41) is 3.43. The lowest BCUT2D eigenvalue weighted by Crippen LogP contribution is -2.37. The zero-order valence-electron chi connectivity index (χ0n) is 14.7. The summed E-state index contributed by atoms with van der Waals surface area (Å²) in [6.45, 7) is 4.67. The molecule has 1 aliphatic rings. The summed E-state index contributed by atoms with van der Waals surface area (Å²) < 4.78 is 5.35. The highest BCUT2D eigenvalue weighted by atomic mass is 35.5. The van der Waals surface area contributed by atoms with E-state index < -0.39 is 0 Å². The van der Waals surface area contributed by atoms with Crippen molar-refractivity contribution in [2.45, 2.75) is 13.1 Å². The maximum atomic E-state index is 5.35. The van der Waals surface area contributed by atoms with Crippen LogP contribution in [-0.2, 0) is 17.8 Å². The van der Waals surface area contributed by atoms with Crippen molar-refractivity contribution in [1.82, 2.24) is 20.3 Å². The Bertz CT molecular complexity index is 646. The Balaban J connectivity index is 0.00000225. The normalized spacial score (nSPS) is 14.1. The smallest absolute Gasteiger partial charge is 0.225 e. The van der Waals surface area contributed by atoms with Crippen molar-refractivity contribution >= 4 is 24.2 Å². The van der Waals surface area contributed by atoms with Crippen LogP contribution in [0, 0.1) is 0 Å². The second-order valence-corrected chi connectivity index (χ2v) is 5.97. The molecule has 1 N–H and O–H groups in total. The molecule has 0 aliphatic carbocycles. The molecule has 0 aromatic carbocycles. The highest BCUT2D eigenvalue weighted by Gasteiger charge is 2.13. The van der Waals surface area contributed by atoms with Crippen LogP contribution in [0.5, 0.6) is 0 Å². The first-order valence-corrected chi connectivity index (χ1v) is 8.19. The molecule has 0 radical (unpaired) electrons. The highest BCUT2D eigenvalue weighted by molar-refractivity contribution is 5.85. The van der Waals surface area contributed by atoms with Gasteiger partial charge in [0, 0.05) is 70.0 Å². The maximum absolute atomic E-state index is 5.35. The minimum Gasteiger partial charge on any atom is -0.378 e. The molecule has 0 saturated carbocycles. The summed E-state index contributed by atoms with van der Waals surface area (Å²) >= 11 is 0. The second-order valence-electron chi connectivity index (χ2n) is 5.97. The van der Waals surface area contributed by atoms with Gasteiger partial charge < -0.3 is 19.9 Å². The molecule has 3 heterocycles. The monoisotopic (exact) mass is 364 g/mol. The van der Waals surface area contributed by atoms with Crippen LogP contribution in [0.2, 0.25) is 0 Å². The molecule has 25 heavy (non-hydrogen) atoms. The van der Waals surface area contributed by atoms with Gasteiger partial charge in [0.2, 0.25) is 5.95 Å². The Kier molecular flexibility index (Phi) is 7.36. The number of hydrogen-bond acceptors (Lipinski definition) is 7. The van der Waals surface area contributed by atoms with Crippen LogP contribution in [-0.4, -0.2) is 55.4 Å². The van der Waals surface area contributed by atoms with Crippen LogP contribution in [0.15, 0.2) is 30.7 Å². The fourth-order valence-electron chi connectivity index (χ4n) is 2.68. The molecule has 2 aromatic rings. The van der Waals surface area contributed by atoms with E-state index in [-0.39, 0.29) is 12.4 Å². The standard InChI is InChI=1S/C17H24N6O.ClH/c1-22(2)16-15(4-3-5-19-16)13-18-10-14-11-20-17(21-12-14)23-6-8-24-9-7-23;/h3-5,11-12,18H,6-10,13H2,1-2H3;1H. The first-order chi connectivity index (χ1) is 11.7. The van der Waals surface area contributed by atoms with Crippen LogP contribution < -0.4 is 15.1 Å². The summed E-state index contributed by atoms with van der Waals surface area (Å²) in [7, 11) is 4.01. The van der Waals surface area contributed by atoms with E-state index in [0.29, 0.717) is 0 Å². The first kappa shape index (κ1) is 19.4. The zero-order valence-corrected chi connectivity index (χ0v) is 15.5. The van der Waals surface area contributed by atoms with Gasteiger partial charge in [-0.15, -0.1) is 12.4 Å². The molecule has 0 bridgehead atoms. The van der Waals surface area contributed by atoms with Crippen molar-refractivity contribution in [1.29, 1.82) is 0 Å². The Morgan fingerprint density at radius 3 is 2.52 bits per heavy atom. The highest BCUT2D eigenvalue weighted by Crippen LogP contribution is 2.14. The number of aromatic nitrogens is 3. The number of ether oxygens (including phenoxy) is 1. The lowest BCUT2D eigenvalue weighted by atomic mass is 10.2. The van der Waals surface area contributed by atoms with Crippen LogP contribution in [0.25, 0.3) is 0 Å². The number of pyridine rings is 1. The Morgan fingerprint density at radius 1 is 1.12 bits per heavy atom. The van der Waals surface area contributed by atoms with E-state index in [1.807, 2.05) is 43.7 Å². The number of nitrogens with one attached hydrogen (secondary N) is 1. The number of halogens is 1. The maximum Gasteiger partial charge on any atom is 0.225 e. The summed E-state index contributed by atoms with van der Waals surface area (Å²) in [6, 6.07) is 4.05. The van der Waals surface area contributed by atoms with Crippen LogP contribution in [0.1, 0.15) is 11.1 Å². The van der Waals surface area contributed by atoms with Crippen LogP contribution in [0.3, 0.4) is 0 Å². The summed E-state index contributed by atoms with van der Waals surface area (Å²) in [5.41, 5.74) is 2.25. The molecule has 0 spiro atoms. The van der Waals surface area contributed by atoms with Gasteiger partial charge in [0.1, 0.15) is 5.82 Å². The van der Waals surface area contributed by atoms with Crippen molar-refractivity contribution in [3.05, 3.63) is 41.9 Å². The third kappa shape index (κ3) is 5.26. The van der Waals surface area contributed by atoms with E-state index in [9.17, 15) is 0 Å². The molecular weight excluding hydrogens is 340 g/mol. The van der Waals surface area contributed by atoms with Gasteiger partial charge in [0.15, 0.2) is 0 Å². The zero-order chi connectivity index (χ0) is 16.8. The molecule has 3 rings (SSSR count). The van der Waals surface area contributed by atoms with Gasteiger partial charge in [-0.05, 0) is 6.07 Å². The third-order valence-corrected chi connectivity index (χ3v) is 3.92. The molecule has 7 nitrogen and oxygen atoms in total. The Labute approximate surface area is 154 Å². The molecular formula is C17H25ClN6O.